The highest BCUT2D eigenvalue weighted by Crippen LogP contribution is 2.15. The number of hydrogen-bond donors (Lipinski definition) is 1. The zero-order valence-corrected chi connectivity index (χ0v) is 9.82. The van der Waals surface area contributed by atoms with Crippen LogP contribution in [0.5, 0.6) is 0 Å². The van der Waals surface area contributed by atoms with Crippen molar-refractivity contribution in [2.24, 2.45) is 0 Å². The van der Waals surface area contributed by atoms with Gasteiger partial charge in [-0.3, -0.25) is 9.59 Å². The van der Waals surface area contributed by atoms with Crippen LogP contribution in [0.2, 0.25) is 0 Å². The molecule has 4 nitrogen and oxygen atoms in total. The Morgan fingerprint density at radius 2 is 2.12 bits per heavy atom. The summed E-state index contributed by atoms with van der Waals surface area (Å²) in [5.41, 5.74) is 0. The molecule has 0 radical (unpaired) electrons. The summed E-state index contributed by atoms with van der Waals surface area (Å²) in [5.74, 6) is 2.30. The van der Waals surface area contributed by atoms with Gasteiger partial charge in [0.1, 0.15) is 12.1 Å². The summed E-state index contributed by atoms with van der Waals surface area (Å²) in [6.07, 6.45) is 7.35. The van der Waals surface area contributed by atoms with Gasteiger partial charge in [-0.2, -0.15) is 0 Å². The van der Waals surface area contributed by atoms with E-state index in [0.29, 0.717) is 12.8 Å². The molecule has 2 atom stereocenters. The summed E-state index contributed by atoms with van der Waals surface area (Å²) in [6, 6.07) is -0.801. The zero-order chi connectivity index (χ0) is 12.1. The summed E-state index contributed by atoms with van der Waals surface area (Å²) in [5, 5.41) is 2.76. The van der Waals surface area contributed by atoms with Crippen molar-refractivity contribution >= 4 is 11.8 Å². The average molecular weight is 222 g/mol. The van der Waals surface area contributed by atoms with Crippen LogP contribution in [0.25, 0.3) is 0 Å². The molecule has 16 heavy (non-hydrogen) atoms. The standard InChI is InChI=1S/C12H18N2O2/c1-4-7-9-12(16)14(8-5-2)10(6-3)11(15)13-9/h2,9-10H,4,6-8H2,1,3H3,(H,13,15). The number of nitrogens with one attached hydrogen (secondary N) is 1. The Labute approximate surface area is 96.4 Å². The van der Waals surface area contributed by atoms with Crippen molar-refractivity contribution in [1.82, 2.24) is 10.2 Å². The van der Waals surface area contributed by atoms with Gasteiger partial charge in [0.05, 0.1) is 6.54 Å². The van der Waals surface area contributed by atoms with Gasteiger partial charge >= 0.3 is 0 Å². The first-order chi connectivity index (χ1) is 7.65. The van der Waals surface area contributed by atoms with Gasteiger partial charge in [0.15, 0.2) is 0 Å². The molecule has 0 aromatic heterocycles. The van der Waals surface area contributed by atoms with E-state index in [4.69, 9.17) is 6.42 Å². The van der Waals surface area contributed by atoms with Crippen LogP contribution in [0.15, 0.2) is 0 Å². The molecule has 1 fully saturated rings. The average Bonchev–Trinajstić information content (AvgIpc) is 2.26. The first kappa shape index (κ1) is 12.6. The Morgan fingerprint density at radius 3 is 2.62 bits per heavy atom. The molecule has 1 aliphatic rings. The van der Waals surface area contributed by atoms with E-state index in [1.165, 1.54) is 4.90 Å². The minimum absolute atomic E-state index is 0.0498. The van der Waals surface area contributed by atoms with E-state index < -0.39 is 12.1 Å². The van der Waals surface area contributed by atoms with Crippen LogP contribution >= 0.6 is 0 Å². The second-order valence-electron chi connectivity index (χ2n) is 3.94. The minimum Gasteiger partial charge on any atom is -0.343 e. The molecule has 2 unspecified atom stereocenters. The molecule has 88 valence electrons. The van der Waals surface area contributed by atoms with E-state index >= 15 is 0 Å². The van der Waals surface area contributed by atoms with Crippen LogP contribution in [0.1, 0.15) is 33.1 Å². The molecule has 1 rings (SSSR count). The third-order valence-electron chi connectivity index (χ3n) is 2.80. The first-order valence-corrected chi connectivity index (χ1v) is 5.70. The topological polar surface area (TPSA) is 49.4 Å². The van der Waals surface area contributed by atoms with Gasteiger partial charge in [0, 0.05) is 0 Å². The second kappa shape index (κ2) is 5.55. The van der Waals surface area contributed by atoms with E-state index in [1.54, 1.807) is 0 Å². The number of carbonyl (C=O) groups is 2. The molecule has 1 heterocycles. The number of nitrogens with zero attached hydrogens (tertiary/aromatic N) is 1. The lowest BCUT2D eigenvalue weighted by molar-refractivity contribution is -0.148. The summed E-state index contributed by atoms with van der Waals surface area (Å²) >= 11 is 0. The Hall–Kier alpha value is -1.50. The van der Waals surface area contributed by atoms with E-state index in [2.05, 4.69) is 11.2 Å². The van der Waals surface area contributed by atoms with E-state index in [9.17, 15) is 9.59 Å². The van der Waals surface area contributed by atoms with Crippen LogP contribution < -0.4 is 5.32 Å². The number of amides is 2. The minimum atomic E-state index is -0.406. The highest BCUT2D eigenvalue weighted by molar-refractivity contribution is 5.97. The summed E-state index contributed by atoms with van der Waals surface area (Å²) in [4.78, 5) is 25.3. The molecule has 4 heteroatoms. The van der Waals surface area contributed by atoms with Crippen LogP contribution in [0.3, 0.4) is 0 Å². The molecule has 0 bridgehead atoms. The molecule has 1 aliphatic heterocycles. The monoisotopic (exact) mass is 222 g/mol. The van der Waals surface area contributed by atoms with E-state index in [0.717, 1.165) is 6.42 Å². The predicted octanol–water partition coefficient (Wildman–Crippen LogP) is 0.525. The van der Waals surface area contributed by atoms with Gasteiger partial charge in [0.25, 0.3) is 0 Å². The molecular weight excluding hydrogens is 204 g/mol. The molecule has 1 saturated heterocycles. The maximum atomic E-state index is 12.0. The third-order valence-corrected chi connectivity index (χ3v) is 2.80. The van der Waals surface area contributed by atoms with Crippen LogP contribution in [-0.4, -0.2) is 35.3 Å². The lowest BCUT2D eigenvalue weighted by atomic mass is 10.0. The van der Waals surface area contributed by atoms with Crippen LogP contribution in [0, 0.1) is 12.3 Å². The van der Waals surface area contributed by atoms with Gasteiger partial charge in [-0.05, 0) is 12.8 Å². The van der Waals surface area contributed by atoms with Crippen molar-refractivity contribution in [3.8, 4) is 12.3 Å². The van der Waals surface area contributed by atoms with Crippen molar-refractivity contribution in [3.63, 3.8) is 0 Å². The SMILES string of the molecule is C#CCN1C(=O)C(CCC)NC(=O)C1CC. The smallest absolute Gasteiger partial charge is 0.246 e. The largest absolute Gasteiger partial charge is 0.343 e. The second-order valence-corrected chi connectivity index (χ2v) is 3.94. The Bertz CT molecular complexity index is 319. The molecule has 0 saturated carbocycles. The van der Waals surface area contributed by atoms with Crippen LogP contribution in [-0.2, 0) is 9.59 Å². The Balaban J connectivity index is 2.85. The van der Waals surface area contributed by atoms with E-state index in [1.807, 2.05) is 13.8 Å². The Morgan fingerprint density at radius 1 is 1.44 bits per heavy atom. The molecule has 2 amide bonds. The lowest BCUT2D eigenvalue weighted by Gasteiger charge is -2.37. The molecule has 0 aromatic carbocycles. The summed E-state index contributed by atoms with van der Waals surface area (Å²) in [7, 11) is 0. The van der Waals surface area contributed by atoms with Crippen molar-refractivity contribution in [3.05, 3.63) is 0 Å². The molecule has 0 aliphatic carbocycles. The maximum Gasteiger partial charge on any atom is 0.246 e. The summed E-state index contributed by atoms with van der Waals surface area (Å²) < 4.78 is 0. The number of piperazine rings is 1. The summed E-state index contributed by atoms with van der Waals surface area (Å²) in [6.45, 7) is 4.07. The molecular formula is C12H18N2O2. The predicted molar refractivity (Wildman–Crippen MR) is 61.5 cm³/mol. The van der Waals surface area contributed by atoms with E-state index in [-0.39, 0.29) is 18.4 Å². The number of hydrogen-bond acceptors (Lipinski definition) is 2. The Kier molecular flexibility index (Phi) is 4.36. The van der Waals surface area contributed by atoms with Gasteiger partial charge in [0.2, 0.25) is 11.8 Å². The fourth-order valence-electron chi connectivity index (χ4n) is 2.00. The third kappa shape index (κ3) is 2.35. The van der Waals surface area contributed by atoms with Crippen LogP contribution in [0.4, 0.5) is 0 Å². The van der Waals surface area contributed by atoms with Crippen molar-refractivity contribution in [1.29, 1.82) is 0 Å². The fourth-order valence-corrected chi connectivity index (χ4v) is 2.00. The highest BCUT2D eigenvalue weighted by atomic mass is 16.2. The van der Waals surface area contributed by atoms with Gasteiger partial charge < -0.3 is 10.2 Å². The quantitative estimate of drug-likeness (QED) is 0.705. The normalized spacial score (nSPS) is 25.2. The highest BCUT2D eigenvalue weighted by Gasteiger charge is 2.38. The lowest BCUT2D eigenvalue weighted by Crippen LogP contribution is -2.63. The van der Waals surface area contributed by atoms with Gasteiger partial charge in [-0.25, -0.2) is 0 Å². The molecule has 0 spiro atoms. The van der Waals surface area contributed by atoms with Gasteiger partial charge in [-0.15, -0.1) is 6.42 Å². The maximum absolute atomic E-state index is 12.0. The van der Waals surface area contributed by atoms with Crippen molar-refractivity contribution < 1.29 is 9.59 Å². The zero-order valence-electron chi connectivity index (χ0n) is 9.82. The number of rotatable bonds is 4. The molecule has 0 aromatic rings. The van der Waals surface area contributed by atoms with Crippen molar-refractivity contribution in [2.45, 2.75) is 45.2 Å². The number of terminal acetylenes is 1. The van der Waals surface area contributed by atoms with Gasteiger partial charge in [-0.1, -0.05) is 26.2 Å². The molecule has 1 N–H and O–H groups in total. The van der Waals surface area contributed by atoms with Crippen molar-refractivity contribution in [2.75, 3.05) is 6.54 Å². The number of carbonyl (C=O) groups excluding carboxylic acids is 2. The fraction of sp³-hybridized carbons (Fsp3) is 0.667. The first-order valence-electron chi connectivity index (χ1n) is 5.70.